The molecule has 0 aliphatic rings. The molecule has 0 atom stereocenters. The first-order chi connectivity index (χ1) is 9.61. The molecule has 2 N–H and O–H groups in total. The van der Waals surface area contributed by atoms with Crippen LogP contribution >= 0.6 is 0 Å². The number of aromatic nitrogens is 2. The zero-order chi connectivity index (χ0) is 14.5. The van der Waals surface area contributed by atoms with Crippen molar-refractivity contribution in [2.24, 2.45) is 0 Å². The number of benzene rings is 1. The third-order valence-electron chi connectivity index (χ3n) is 2.50. The smallest absolute Gasteiger partial charge is 0.346 e. The number of amides is 1. The van der Waals surface area contributed by atoms with E-state index in [0.29, 0.717) is 0 Å². The van der Waals surface area contributed by atoms with Gasteiger partial charge in [-0.2, -0.15) is 0 Å². The van der Waals surface area contributed by atoms with Crippen LogP contribution in [0.15, 0.2) is 41.3 Å². The molecule has 0 radical (unpaired) electrons. The van der Waals surface area contributed by atoms with Gasteiger partial charge < -0.3 is 10.1 Å². The maximum absolute atomic E-state index is 12.1. The van der Waals surface area contributed by atoms with Gasteiger partial charge >= 0.3 is 11.7 Å². The first-order valence-corrected chi connectivity index (χ1v) is 5.66. The third-order valence-corrected chi connectivity index (χ3v) is 2.50. The molecule has 102 valence electrons. The lowest BCUT2D eigenvalue weighted by molar-refractivity contribution is 0.0597. The second-order valence-corrected chi connectivity index (χ2v) is 3.78. The van der Waals surface area contributed by atoms with Gasteiger partial charge in [0, 0.05) is 6.20 Å². The maximum atomic E-state index is 12.1. The molecule has 1 aromatic carbocycles. The number of aromatic amines is 1. The van der Waals surface area contributed by atoms with Crippen LogP contribution < -0.4 is 11.0 Å². The molecular formula is C13H11N3O4. The van der Waals surface area contributed by atoms with Gasteiger partial charge in [-0.1, -0.05) is 12.1 Å². The average Bonchev–Trinajstić information content (AvgIpc) is 2.46. The van der Waals surface area contributed by atoms with Crippen molar-refractivity contribution in [1.29, 1.82) is 0 Å². The largest absolute Gasteiger partial charge is 0.465 e. The van der Waals surface area contributed by atoms with E-state index >= 15 is 0 Å². The Balaban J connectivity index is 2.30. The van der Waals surface area contributed by atoms with Crippen LogP contribution in [0.3, 0.4) is 0 Å². The fourth-order valence-corrected chi connectivity index (χ4v) is 1.60. The molecule has 1 aromatic heterocycles. The van der Waals surface area contributed by atoms with Gasteiger partial charge in [-0.15, -0.1) is 0 Å². The van der Waals surface area contributed by atoms with Crippen molar-refractivity contribution in [3.63, 3.8) is 0 Å². The molecule has 0 aliphatic heterocycles. The molecule has 2 aromatic rings. The molecule has 7 nitrogen and oxygen atoms in total. The topological polar surface area (TPSA) is 101 Å². The summed E-state index contributed by atoms with van der Waals surface area (Å²) < 4.78 is 4.61. The zero-order valence-corrected chi connectivity index (χ0v) is 10.5. The molecule has 1 heterocycles. The molecular weight excluding hydrogens is 262 g/mol. The number of hydrogen-bond acceptors (Lipinski definition) is 5. The van der Waals surface area contributed by atoms with Crippen molar-refractivity contribution in [3.05, 3.63) is 58.1 Å². The highest BCUT2D eigenvalue weighted by molar-refractivity contribution is 6.10. The highest BCUT2D eigenvalue weighted by Gasteiger charge is 2.17. The minimum Gasteiger partial charge on any atom is -0.465 e. The highest BCUT2D eigenvalue weighted by atomic mass is 16.5. The molecule has 1 amide bonds. The molecule has 0 fully saturated rings. The number of carbonyl (C=O) groups is 2. The lowest BCUT2D eigenvalue weighted by Crippen LogP contribution is -2.20. The third kappa shape index (κ3) is 2.89. The van der Waals surface area contributed by atoms with E-state index in [1.165, 1.54) is 31.5 Å². The number of ether oxygens (including phenoxy) is 1. The molecule has 0 bridgehead atoms. The summed E-state index contributed by atoms with van der Waals surface area (Å²) in [6.07, 6.45) is 1.26. The Morgan fingerprint density at radius 3 is 2.55 bits per heavy atom. The van der Waals surface area contributed by atoms with Crippen LogP contribution in [0.2, 0.25) is 0 Å². The monoisotopic (exact) mass is 273 g/mol. The molecule has 0 saturated heterocycles. The second-order valence-electron chi connectivity index (χ2n) is 3.78. The maximum Gasteiger partial charge on any atom is 0.346 e. The Kier molecular flexibility index (Phi) is 3.90. The lowest BCUT2D eigenvalue weighted by Gasteiger charge is -2.08. The number of hydrogen-bond donors (Lipinski definition) is 2. The van der Waals surface area contributed by atoms with Gasteiger partial charge in [0.2, 0.25) is 0 Å². The van der Waals surface area contributed by atoms with Crippen LogP contribution in [-0.2, 0) is 4.74 Å². The van der Waals surface area contributed by atoms with E-state index in [1.54, 1.807) is 12.1 Å². The van der Waals surface area contributed by atoms with Gasteiger partial charge in [0.1, 0.15) is 5.82 Å². The molecule has 0 saturated carbocycles. The molecule has 2 rings (SSSR count). The van der Waals surface area contributed by atoms with E-state index in [1.807, 2.05) is 0 Å². The fourth-order valence-electron chi connectivity index (χ4n) is 1.60. The summed E-state index contributed by atoms with van der Waals surface area (Å²) in [5, 5.41) is 2.48. The fraction of sp³-hybridized carbons (Fsp3) is 0.0769. The first kappa shape index (κ1) is 13.5. The predicted octanol–water partition coefficient (Wildman–Crippen LogP) is 0.809. The SMILES string of the molecule is COC(=O)c1ccccc1C(=O)Nc1ccnc(=O)[nH]1. The first-order valence-electron chi connectivity index (χ1n) is 5.66. The van der Waals surface area contributed by atoms with E-state index in [-0.39, 0.29) is 16.9 Å². The van der Waals surface area contributed by atoms with Crippen LogP contribution in [0.1, 0.15) is 20.7 Å². The molecule has 7 heteroatoms. The Labute approximate surface area is 113 Å². The average molecular weight is 273 g/mol. The van der Waals surface area contributed by atoms with Crippen molar-refractivity contribution in [2.45, 2.75) is 0 Å². The summed E-state index contributed by atoms with van der Waals surface area (Å²) in [6.45, 7) is 0. The van der Waals surface area contributed by atoms with Crippen LogP contribution in [0.5, 0.6) is 0 Å². The van der Waals surface area contributed by atoms with E-state index < -0.39 is 17.6 Å². The summed E-state index contributed by atoms with van der Waals surface area (Å²) in [4.78, 5) is 40.5. The Morgan fingerprint density at radius 1 is 1.20 bits per heavy atom. The number of rotatable bonds is 3. The van der Waals surface area contributed by atoms with Gasteiger partial charge in [0.25, 0.3) is 5.91 Å². The van der Waals surface area contributed by atoms with Crippen LogP contribution in [0, 0.1) is 0 Å². The molecule has 20 heavy (non-hydrogen) atoms. The standard InChI is InChI=1S/C13H11N3O4/c1-20-12(18)9-5-3-2-4-8(9)11(17)15-10-6-7-14-13(19)16-10/h2-7H,1H3,(H2,14,15,16,17,19). The van der Waals surface area contributed by atoms with Gasteiger partial charge in [-0.05, 0) is 18.2 Å². The zero-order valence-electron chi connectivity index (χ0n) is 10.5. The van der Waals surface area contributed by atoms with E-state index in [0.717, 1.165) is 0 Å². The van der Waals surface area contributed by atoms with Crippen LogP contribution in [-0.4, -0.2) is 29.0 Å². The lowest BCUT2D eigenvalue weighted by atomic mass is 10.1. The van der Waals surface area contributed by atoms with Gasteiger partial charge in [0.05, 0.1) is 18.2 Å². The number of methoxy groups -OCH3 is 1. The number of anilines is 1. The van der Waals surface area contributed by atoms with Crippen molar-refractivity contribution in [2.75, 3.05) is 12.4 Å². The van der Waals surface area contributed by atoms with Gasteiger partial charge in [0.15, 0.2) is 0 Å². The number of nitrogens with zero attached hydrogens (tertiary/aromatic N) is 1. The van der Waals surface area contributed by atoms with Gasteiger partial charge in [-0.25, -0.2) is 14.6 Å². The summed E-state index contributed by atoms with van der Waals surface area (Å²) in [6, 6.07) is 7.64. The highest BCUT2D eigenvalue weighted by Crippen LogP contribution is 2.12. The van der Waals surface area contributed by atoms with E-state index in [9.17, 15) is 14.4 Å². The number of nitrogens with one attached hydrogen (secondary N) is 2. The summed E-state index contributed by atoms with van der Waals surface area (Å²) in [5.74, 6) is -0.957. The Morgan fingerprint density at radius 2 is 1.90 bits per heavy atom. The number of carbonyl (C=O) groups excluding carboxylic acids is 2. The number of H-pyrrole nitrogens is 1. The Hall–Kier alpha value is -2.96. The molecule has 0 unspecified atom stereocenters. The van der Waals surface area contributed by atoms with Crippen molar-refractivity contribution in [1.82, 2.24) is 9.97 Å². The minimum absolute atomic E-state index is 0.143. The number of esters is 1. The summed E-state index contributed by atoms with van der Waals surface area (Å²) >= 11 is 0. The van der Waals surface area contributed by atoms with Gasteiger partial charge in [-0.3, -0.25) is 9.78 Å². The normalized spacial score (nSPS) is 9.85. The quantitative estimate of drug-likeness (QED) is 0.806. The minimum atomic E-state index is -0.612. The summed E-state index contributed by atoms with van der Waals surface area (Å²) in [5.41, 5.74) is -0.287. The molecule has 0 spiro atoms. The van der Waals surface area contributed by atoms with Crippen molar-refractivity contribution >= 4 is 17.7 Å². The van der Waals surface area contributed by atoms with Crippen molar-refractivity contribution < 1.29 is 14.3 Å². The van der Waals surface area contributed by atoms with E-state index in [2.05, 4.69) is 20.0 Å². The van der Waals surface area contributed by atoms with E-state index in [4.69, 9.17) is 0 Å². The van der Waals surface area contributed by atoms with Crippen LogP contribution in [0.4, 0.5) is 5.82 Å². The molecule has 0 aliphatic carbocycles. The summed E-state index contributed by atoms with van der Waals surface area (Å²) in [7, 11) is 1.23. The van der Waals surface area contributed by atoms with Crippen molar-refractivity contribution in [3.8, 4) is 0 Å². The van der Waals surface area contributed by atoms with Crippen LogP contribution in [0.25, 0.3) is 0 Å². The predicted molar refractivity (Wildman–Crippen MR) is 70.6 cm³/mol. The Bertz CT molecular complexity index is 709. The second kappa shape index (κ2) is 5.79.